The van der Waals surface area contributed by atoms with Crippen LogP contribution in [0.4, 0.5) is 0 Å². The highest BCUT2D eigenvalue weighted by Crippen LogP contribution is 2.15. The number of nitrogens with zero attached hydrogens (tertiary/aromatic N) is 2. The first kappa shape index (κ1) is 11.4. The molecule has 0 saturated heterocycles. The van der Waals surface area contributed by atoms with Gasteiger partial charge in [0.2, 0.25) is 5.88 Å². The Morgan fingerprint density at radius 3 is 2.88 bits per heavy atom. The van der Waals surface area contributed by atoms with Crippen LogP contribution in [0.15, 0.2) is 33.6 Å². The van der Waals surface area contributed by atoms with Gasteiger partial charge in [-0.1, -0.05) is 13.0 Å². The number of rotatable bonds is 4. The zero-order chi connectivity index (χ0) is 12.3. The molecule has 2 aromatic rings. The van der Waals surface area contributed by atoms with Gasteiger partial charge in [-0.25, -0.2) is 9.36 Å². The van der Waals surface area contributed by atoms with Crippen LogP contribution >= 0.6 is 0 Å². The second kappa shape index (κ2) is 4.86. The van der Waals surface area contributed by atoms with Gasteiger partial charge in [0.1, 0.15) is 0 Å². The molecule has 0 amide bonds. The largest absolute Gasteiger partial charge is 0.492 e. The molecule has 5 heteroatoms. The molecule has 0 aliphatic carbocycles. The molecule has 0 saturated carbocycles. The summed E-state index contributed by atoms with van der Waals surface area (Å²) in [4.78, 5) is 15.6. The van der Waals surface area contributed by atoms with Crippen molar-refractivity contribution < 1.29 is 9.52 Å². The van der Waals surface area contributed by atoms with Crippen molar-refractivity contribution in [2.75, 3.05) is 0 Å². The Morgan fingerprint density at radius 2 is 2.29 bits per heavy atom. The smallest absolute Gasteiger partial charge is 0.422 e. The maximum Gasteiger partial charge on any atom is 0.422 e. The van der Waals surface area contributed by atoms with Crippen LogP contribution in [0.3, 0.4) is 0 Å². The van der Waals surface area contributed by atoms with E-state index in [9.17, 15) is 9.90 Å². The summed E-state index contributed by atoms with van der Waals surface area (Å²) in [6, 6.07) is 5.60. The maximum absolute atomic E-state index is 11.5. The fourth-order valence-electron chi connectivity index (χ4n) is 1.64. The molecule has 0 aromatic carbocycles. The average Bonchev–Trinajstić information content (AvgIpc) is 2.63. The summed E-state index contributed by atoms with van der Waals surface area (Å²) in [5.74, 6) is -0.264. The van der Waals surface area contributed by atoms with Crippen molar-refractivity contribution in [2.45, 2.75) is 26.3 Å². The van der Waals surface area contributed by atoms with Gasteiger partial charge in [0.05, 0.1) is 0 Å². The van der Waals surface area contributed by atoms with E-state index >= 15 is 0 Å². The molecule has 0 unspecified atom stereocenters. The SMILES string of the molecule is CCc1oc(=O)n(CCc2ccccn2)c1O. The van der Waals surface area contributed by atoms with Crippen molar-refractivity contribution >= 4 is 0 Å². The maximum atomic E-state index is 11.5. The summed E-state index contributed by atoms with van der Waals surface area (Å²) >= 11 is 0. The number of aryl methyl sites for hydroxylation is 2. The van der Waals surface area contributed by atoms with Crippen molar-refractivity contribution in [3.8, 4) is 5.88 Å². The molecule has 5 nitrogen and oxygen atoms in total. The van der Waals surface area contributed by atoms with E-state index in [4.69, 9.17) is 4.42 Å². The molecule has 0 aliphatic heterocycles. The lowest BCUT2D eigenvalue weighted by molar-refractivity contribution is 0.407. The van der Waals surface area contributed by atoms with Gasteiger partial charge >= 0.3 is 5.76 Å². The van der Waals surface area contributed by atoms with E-state index in [1.54, 1.807) is 6.20 Å². The summed E-state index contributed by atoms with van der Waals surface area (Å²) in [7, 11) is 0. The molecule has 90 valence electrons. The number of pyridine rings is 1. The quantitative estimate of drug-likeness (QED) is 0.867. The van der Waals surface area contributed by atoms with Gasteiger partial charge in [-0.05, 0) is 12.1 Å². The van der Waals surface area contributed by atoms with Crippen LogP contribution in [0, 0.1) is 0 Å². The first-order chi connectivity index (χ1) is 8.22. The van der Waals surface area contributed by atoms with Crippen LogP contribution in [0.5, 0.6) is 5.88 Å². The Morgan fingerprint density at radius 1 is 1.47 bits per heavy atom. The molecule has 0 bridgehead atoms. The second-order valence-corrected chi connectivity index (χ2v) is 3.69. The highest BCUT2D eigenvalue weighted by molar-refractivity contribution is 5.15. The van der Waals surface area contributed by atoms with E-state index in [0.717, 1.165) is 5.69 Å². The van der Waals surface area contributed by atoms with E-state index < -0.39 is 5.76 Å². The van der Waals surface area contributed by atoms with Crippen molar-refractivity contribution in [1.82, 2.24) is 9.55 Å². The fraction of sp³-hybridized carbons (Fsp3) is 0.333. The van der Waals surface area contributed by atoms with Gasteiger partial charge in [0.15, 0.2) is 5.76 Å². The predicted molar refractivity (Wildman–Crippen MR) is 62.0 cm³/mol. The molecule has 0 spiro atoms. The fourth-order valence-corrected chi connectivity index (χ4v) is 1.64. The van der Waals surface area contributed by atoms with Crippen LogP contribution in [0.25, 0.3) is 0 Å². The first-order valence-corrected chi connectivity index (χ1v) is 5.53. The van der Waals surface area contributed by atoms with E-state index in [1.807, 2.05) is 25.1 Å². The predicted octanol–water partition coefficient (Wildman–Crippen LogP) is 1.35. The Bertz CT molecular complexity index is 543. The number of oxazole rings is 1. The molecule has 1 N–H and O–H groups in total. The number of aromatic nitrogens is 2. The van der Waals surface area contributed by atoms with Crippen LogP contribution < -0.4 is 5.76 Å². The summed E-state index contributed by atoms with van der Waals surface area (Å²) in [6.07, 6.45) is 2.78. The van der Waals surface area contributed by atoms with E-state index in [0.29, 0.717) is 25.1 Å². The molecule has 2 heterocycles. The average molecular weight is 234 g/mol. The number of hydrogen-bond acceptors (Lipinski definition) is 4. The molecule has 0 radical (unpaired) electrons. The monoisotopic (exact) mass is 234 g/mol. The van der Waals surface area contributed by atoms with Crippen molar-refractivity contribution in [1.29, 1.82) is 0 Å². The van der Waals surface area contributed by atoms with Crippen molar-refractivity contribution in [3.05, 3.63) is 46.4 Å². The second-order valence-electron chi connectivity index (χ2n) is 3.69. The third kappa shape index (κ3) is 2.38. The number of aromatic hydroxyl groups is 1. The summed E-state index contributed by atoms with van der Waals surface area (Å²) in [6.45, 7) is 2.19. The van der Waals surface area contributed by atoms with Crippen molar-refractivity contribution in [3.63, 3.8) is 0 Å². The van der Waals surface area contributed by atoms with E-state index in [1.165, 1.54) is 4.57 Å². The van der Waals surface area contributed by atoms with Crippen LogP contribution in [0.2, 0.25) is 0 Å². The van der Waals surface area contributed by atoms with Gasteiger partial charge in [0.25, 0.3) is 0 Å². The molecule has 0 fully saturated rings. The van der Waals surface area contributed by atoms with Crippen LogP contribution in [-0.4, -0.2) is 14.7 Å². The summed E-state index contributed by atoms with van der Waals surface area (Å²) < 4.78 is 6.15. The minimum Gasteiger partial charge on any atom is -0.492 e. The Labute approximate surface area is 98.3 Å². The molecular weight excluding hydrogens is 220 g/mol. The van der Waals surface area contributed by atoms with Gasteiger partial charge in [-0.15, -0.1) is 0 Å². The van der Waals surface area contributed by atoms with E-state index in [2.05, 4.69) is 4.98 Å². The summed E-state index contributed by atoms with van der Waals surface area (Å²) in [5, 5.41) is 9.74. The first-order valence-electron chi connectivity index (χ1n) is 5.53. The third-order valence-electron chi connectivity index (χ3n) is 2.57. The Balaban J connectivity index is 2.15. The van der Waals surface area contributed by atoms with Gasteiger partial charge in [-0.3, -0.25) is 4.98 Å². The third-order valence-corrected chi connectivity index (χ3v) is 2.57. The van der Waals surface area contributed by atoms with Gasteiger partial charge < -0.3 is 9.52 Å². The van der Waals surface area contributed by atoms with Gasteiger partial charge in [0, 0.05) is 31.3 Å². The lowest BCUT2D eigenvalue weighted by Crippen LogP contribution is -2.15. The lowest BCUT2D eigenvalue weighted by Gasteiger charge is -2.01. The minimum atomic E-state index is -0.518. The van der Waals surface area contributed by atoms with Gasteiger partial charge in [-0.2, -0.15) is 0 Å². The highest BCUT2D eigenvalue weighted by atomic mass is 16.4. The van der Waals surface area contributed by atoms with Crippen molar-refractivity contribution in [2.24, 2.45) is 0 Å². The number of hydrogen-bond donors (Lipinski definition) is 1. The topological polar surface area (TPSA) is 68.3 Å². The van der Waals surface area contributed by atoms with E-state index in [-0.39, 0.29) is 5.88 Å². The zero-order valence-electron chi connectivity index (χ0n) is 9.59. The minimum absolute atomic E-state index is 0.0755. The van der Waals surface area contributed by atoms with Crippen LogP contribution in [0.1, 0.15) is 18.4 Å². The zero-order valence-corrected chi connectivity index (χ0v) is 9.59. The normalized spacial score (nSPS) is 10.6. The van der Waals surface area contributed by atoms with Crippen LogP contribution in [-0.2, 0) is 19.4 Å². The molecule has 2 rings (SSSR count). The Kier molecular flexibility index (Phi) is 3.27. The lowest BCUT2D eigenvalue weighted by atomic mass is 10.3. The molecule has 2 aromatic heterocycles. The standard InChI is InChI=1S/C12H14N2O3/c1-2-10-11(15)14(12(16)17-10)8-6-9-5-3-4-7-13-9/h3-5,7,15H,2,6,8H2,1H3. The highest BCUT2D eigenvalue weighted by Gasteiger charge is 2.13. The summed E-state index contributed by atoms with van der Waals surface area (Å²) in [5.41, 5.74) is 0.873. The molecule has 0 atom stereocenters. The Hall–Kier alpha value is -2.04. The molecular formula is C12H14N2O3. The molecule has 0 aliphatic rings. The molecule has 17 heavy (non-hydrogen) atoms.